The smallest absolute Gasteiger partial charge is 0.368 e. The molecule has 1 aromatic heterocycles. The Bertz CT molecular complexity index is 1010. The minimum atomic E-state index is -0.329. The first-order valence-electron chi connectivity index (χ1n) is 9.36. The third-order valence-corrected chi connectivity index (χ3v) is 4.57. The number of thioether (sulfide) groups is 1. The normalized spacial score (nSPS) is 12.9. The van der Waals surface area contributed by atoms with Gasteiger partial charge in [-0.25, -0.2) is 4.79 Å². The Morgan fingerprint density at radius 2 is 1.97 bits per heavy atom. The molecule has 0 atom stereocenters. The van der Waals surface area contributed by atoms with Crippen molar-refractivity contribution in [2.24, 2.45) is 22.4 Å². The lowest BCUT2D eigenvalue weighted by molar-refractivity contribution is 0.197. The monoisotopic (exact) mass is 433 g/mol. The van der Waals surface area contributed by atoms with Crippen molar-refractivity contribution in [3.8, 4) is 5.69 Å². The number of rotatable bonds is 9. The van der Waals surface area contributed by atoms with Gasteiger partial charge in [-0.2, -0.15) is 14.5 Å². The van der Waals surface area contributed by atoms with Crippen LogP contribution < -0.4 is 5.69 Å². The highest BCUT2D eigenvalue weighted by molar-refractivity contribution is 7.98. The summed E-state index contributed by atoms with van der Waals surface area (Å²) in [5.74, 6) is 0.943. The molecule has 0 aliphatic carbocycles. The first kappa shape index (κ1) is 23.3. The number of benzene rings is 1. The van der Waals surface area contributed by atoms with Crippen LogP contribution in [-0.2, 0) is 23.2 Å². The van der Waals surface area contributed by atoms with E-state index in [1.807, 2.05) is 32.2 Å². The van der Waals surface area contributed by atoms with Gasteiger partial charge in [-0.3, -0.25) is 0 Å². The fourth-order valence-electron chi connectivity index (χ4n) is 2.34. The lowest BCUT2D eigenvalue weighted by atomic mass is 10.1. The van der Waals surface area contributed by atoms with Crippen LogP contribution in [0.4, 0.5) is 0 Å². The van der Waals surface area contributed by atoms with Gasteiger partial charge >= 0.3 is 5.69 Å². The third-order valence-electron chi connectivity index (χ3n) is 4.23. The second kappa shape index (κ2) is 11.3. The standard InChI is InChI=1S/C19H27N7O3S/c1-7-18(21-20-14(3)15(4)22-29-12-30-6)28-11-16-13(2)9-8-10-17(16)26-19(27)25(5)23-24-26/h8-10H,7,11-12H2,1-6H3. The van der Waals surface area contributed by atoms with Crippen molar-refractivity contribution in [2.75, 3.05) is 12.2 Å². The molecule has 2 aromatic rings. The molecule has 0 aliphatic heterocycles. The van der Waals surface area contributed by atoms with Gasteiger partial charge in [0.25, 0.3) is 0 Å². The molecule has 0 saturated heterocycles. The Labute approximate surface area is 179 Å². The number of aromatic nitrogens is 4. The molecule has 0 saturated carbocycles. The molecular formula is C19H27N7O3S. The fourth-order valence-corrected chi connectivity index (χ4v) is 2.50. The van der Waals surface area contributed by atoms with E-state index < -0.39 is 0 Å². The first-order chi connectivity index (χ1) is 14.4. The van der Waals surface area contributed by atoms with Gasteiger partial charge in [0.15, 0.2) is 5.94 Å². The molecule has 0 spiro atoms. The molecule has 0 unspecified atom stereocenters. The summed E-state index contributed by atoms with van der Waals surface area (Å²) in [5.41, 5.74) is 3.36. The summed E-state index contributed by atoms with van der Waals surface area (Å²) in [6.07, 6.45) is 2.49. The SMILES string of the molecule is CCC(=NN=C(C)C(C)=NOCSC)OCc1c(C)cccc1-n1nnn(C)c1=O. The van der Waals surface area contributed by atoms with Crippen molar-refractivity contribution in [1.29, 1.82) is 0 Å². The molecular weight excluding hydrogens is 406 g/mol. The Kier molecular flexibility index (Phi) is 8.78. The summed E-state index contributed by atoms with van der Waals surface area (Å²) in [6.45, 7) is 7.70. The van der Waals surface area contributed by atoms with Gasteiger partial charge in [-0.15, -0.1) is 16.9 Å². The van der Waals surface area contributed by atoms with Crippen LogP contribution in [0.3, 0.4) is 0 Å². The van der Waals surface area contributed by atoms with Gasteiger partial charge in [-0.1, -0.05) is 24.2 Å². The number of aryl methyl sites for hydroxylation is 2. The van der Waals surface area contributed by atoms with Crippen LogP contribution in [-0.4, -0.2) is 49.3 Å². The summed E-state index contributed by atoms with van der Waals surface area (Å²) in [4.78, 5) is 17.4. The molecule has 0 bridgehead atoms. The Hall–Kier alpha value is -2.95. The number of ether oxygens (including phenoxy) is 1. The first-order valence-corrected chi connectivity index (χ1v) is 10.8. The molecule has 0 aliphatic rings. The average Bonchev–Trinajstić information content (AvgIpc) is 3.07. The fraction of sp³-hybridized carbons (Fsp3) is 0.474. The van der Waals surface area contributed by atoms with Crippen molar-refractivity contribution in [3.05, 3.63) is 39.8 Å². The second-order valence-corrected chi connectivity index (χ2v) is 7.22. The van der Waals surface area contributed by atoms with Gasteiger partial charge in [-0.05, 0) is 49.1 Å². The van der Waals surface area contributed by atoms with Crippen LogP contribution in [0, 0.1) is 6.92 Å². The highest BCUT2D eigenvalue weighted by Crippen LogP contribution is 2.18. The van der Waals surface area contributed by atoms with Crippen molar-refractivity contribution in [3.63, 3.8) is 0 Å². The highest BCUT2D eigenvalue weighted by atomic mass is 32.2. The van der Waals surface area contributed by atoms with E-state index >= 15 is 0 Å². The van der Waals surface area contributed by atoms with E-state index in [0.29, 0.717) is 35.4 Å². The quantitative estimate of drug-likeness (QED) is 0.198. The predicted octanol–water partition coefficient (Wildman–Crippen LogP) is 2.69. The van der Waals surface area contributed by atoms with Crippen LogP contribution >= 0.6 is 11.8 Å². The van der Waals surface area contributed by atoms with E-state index in [1.54, 1.807) is 27.0 Å². The topological polar surface area (TPSA) is 108 Å². The molecule has 30 heavy (non-hydrogen) atoms. The number of hydrogen-bond acceptors (Lipinski definition) is 9. The molecule has 0 fully saturated rings. The minimum absolute atomic E-state index is 0.218. The predicted molar refractivity (Wildman–Crippen MR) is 120 cm³/mol. The van der Waals surface area contributed by atoms with Gasteiger partial charge in [0.2, 0.25) is 5.90 Å². The number of oxime groups is 1. The van der Waals surface area contributed by atoms with Crippen LogP contribution in [0.25, 0.3) is 5.69 Å². The Morgan fingerprint density at radius 1 is 1.20 bits per heavy atom. The highest BCUT2D eigenvalue weighted by Gasteiger charge is 2.14. The van der Waals surface area contributed by atoms with Crippen molar-refractivity contribution < 1.29 is 9.57 Å². The minimum Gasteiger partial charge on any atom is -0.475 e. The Balaban J connectivity index is 2.20. The van der Waals surface area contributed by atoms with Gasteiger partial charge < -0.3 is 9.57 Å². The van der Waals surface area contributed by atoms with Crippen LogP contribution in [0.5, 0.6) is 0 Å². The van der Waals surface area contributed by atoms with E-state index in [2.05, 4.69) is 25.8 Å². The maximum atomic E-state index is 12.3. The van der Waals surface area contributed by atoms with Gasteiger partial charge in [0, 0.05) is 19.0 Å². The summed E-state index contributed by atoms with van der Waals surface area (Å²) in [5, 5.41) is 20.1. The second-order valence-electron chi connectivity index (χ2n) is 6.40. The third kappa shape index (κ3) is 6.02. The van der Waals surface area contributed by atoms with E-state index in [9.17, 15) is 4.79 Å². The molecule has 11 heteroatoms. The zero-order valence-electron chi connectivity index (χ0n) is 18.1. The van der Waals surface area contributed by atoms with Crippen molar-refractivity contribution >= 4 is 29.1 Å². The summed E-state index contributed by atoms with van der Waals surface area (Å²) in [6, 6.07) is 5.61. The molecule has 2 rings (SSSR count). The van der Waals surface area contributed by atoms with Gasteiger partial charge in [0.1, 0.15) is 6.61 Å². The van der Waals surface area contributed by atoms with Crippen molar-refractivity contribution in [2.45, 2.75) is 40.7 Å². The van der Waals surface area contributed by atoms with E-state index in [-0.39, 0.29) is 12.3 Å². The number of tetrazole rings is 1. The molecule has 1 aromatic carbocycles. The van der Waals surface area contributed by atoms with Crippen LogP contribution in [0.1, 0.15) is 38.3 Å². The number of hydrogen-bond donors (Lipinski definition) is 0. The van der Waals surface area contributed by atoms with E-state index in [1.165, 1.54) is 21.1 Å². The van der Waals surface area contributed by atoms with Crippen molar-refractivity contribution in [1.82, 2.24) is 19.8 Å². The zero-order chi connectivity index (χ0) is 22.1. The summed E-state index contributed by atoms with van der Waals surface area (Å²) in [7, 11) is 1.55. The molecule has 0 amide bonds. The molecule has 10 nitrogen and oxygen atoms in total. The Morgan fingerprint density at radius 3 is 2.60 bits per heavy atom. The molecule has 162 valence electrons. The lowest BCUT2D eigenvalue weighted by Gasteiger charge is -2.13. The van der Waals surface area contributed by atoms with E-state index in [0.717, 1.165) is 11.1 Å². The zero-order valence-corrected chi connectivity index (χ0v) is 18.9. The molecule has 0 N–H and O–H groups in total. The van der Waals surface area contributed by atoms with Crippen LogP contribution in [0.15, 0.2) is 38.4 Å². The maximum absolute atomic E-state index is 12.3. The lowest BCUT2D eigenvalue weighted by Crippen LogP contribution is -2.23. The van der Waals surface area contributed by atoms with Crippen LogP contribution in [0.2, 0.25) is 0 Å². The van der Waals surface area contributed by atoms with E-state index in [4.69, 9.17) is 9.57 Å². The maximum Gasteiger partial charge on any atom is 0.368 e. The molecule has 0 radical (unpaired) electrons. The molecule has 1 heterocycles. The average molecular weight is 434 g/mol. The summed E-state index contributed by atoms with van der Waals surface area (Å²) >= 11 is 1.54. The largest absolute Gasteiger partial charge is 0.475 e. The summed E-state index contributed by atoms with van der Waals surface area (Å²) < 4.78 is 8.33. The number of nitrogens with zero attached hydrogens (tertiary/aromatic N) is 7. The van der Waals surface area contributed by atoms with Gasteiger partial charge in [0.05, 0.1) is 17.1 Å².